The molecular formula is C12H15N. The number of anilines is 1. The molecule has 3 aliphatic rings. The third-order valence-corrected chi connectivity index (χ3v) is 3.61. The molecule has 0 aromatic heterocycles. The summed E-state index contributed by atoms with van der Waals surface area (Å²) in [6, 6.07) is 9.53. The first kappa shape index (κ1) is 7.43. The quantitative estimate of drug-likeness (QED) is 0.725. The second-order valence-electron chi connectivity index (χ2n) is 4.53. The summed E-state index contributed by atoms with van der Waals surface area (Å²) in [6.45, 7) is 2.13. The molecule has 0 radical (unpaired) electrons. The van der Waals surface area contributed by atoms with E-state index in [0.29, 0.717) is 0 Å². The lowest BCUT2D eigenvalue weighted by molar-refractivity contribution is -0.00388. The van der Waals surface area contributed by atoms with E-state index in [1.165, 1.54) is 24.1 Å². The molecule has 0 spiro atoms. The van der Waals surface area contributed by atoms with Gasteiger partial charge in [-0.05, 0) is 43.7 Å². The summed E-state index contributed by atoms with van der Waals surface area (Å²) >= 11 is 0. The van der Waals surface area contributed by atoms with Crippen LogP contribution in [0.4, 0.5) is 5.69 Å². The van der Waals surface area contributed by atoms with Crippen LogP contribution < -0.4 is 5.32 Å². The molecule has 0 atom stereocenters. The van der Waals surface area contributed by atoms with Crippen molar-refractivity contribution in [3.8, 4) is 0 Å². The van der Waals surface area contributed by atoms with E-state index in [1.54, 1.807) is 0 Å². The van der Waals surface area contributed by atoms with Gasteiger partial charge in [0.15, 0.2) is 0 Å². The molecule has 1 heteroatoms. The Bertz CT molecular complexity index is 300. The Morgan fingerprint density at radius 3 is 2.15 bits per heavy atom. The van der Waals surface area contributed by atoms with Gasteiger partial charge in [0, 0.05) is 11.7 Å². The minimum atomic E-state index is 0.808. The Kier molecular flexibility index (Phi) is 1.43. The van der Waals surface area contributed by atoms with E-state index in [-0.39, 0.29) is 0 Å². The van der Waals surface area contributed by atoms with Gasteiger partial charge in [-0.2, -0.15) is 0 Å². The van der Waals surface area contributed by atoms with E-state index >= 15 is 0 Å². The van der Waals surface area contributed by atoms with Crippen LogP contribution in [0.25, 0.3) is 0 Å². The van der Waals surface area contributed by atoms with Crippen LogP contribution in [0.15, 0.2) is 24.3 Å². The lowest BCUT2D eigenvalue weighted by Crippen LogP contribution is -2.59. The van der Waals surface area contributed by atoms with Crippen LogP contribution in [0.3, 0.4) is 0 Å². The van der Waals surface area contributed by atoms with Crippen molar-refractivity contribution in [3.05, 3.63) is 29.8 Å². The highest BCUT2D eigenvalue weighted by Crippen LogP contribution is 2.54. The van der Waals surface area contributed by atoms with Crippen LogP contribution >= 0.6 is 0 Å². The fourth-order valence-corrected chi connectivity index (χ4v) is 2.37. The van der Waals surface area contributed by atoms with Gasteiger partial charge in [0.05, 0.1) is 0 Å². The van der Waals surface area contributed by atoms with Crippen LogP contribution in [-0.4, -0.2) is 6.04 Å². The first-order chi connectivity index (χ1) is 6.33. The lowest BCUT2D eigenvalue weighted by atomic mass is 9.52. The van der Waals surface area contributed by atoms with Crippen molar-refractivity contribution in [3.63, 3.8) is 0 Å². The van der Waals surface area contributed by atoms with Crippen molar-refractivity contribution in [1.82, 2.24) is 0 Å². The summed E-state index contributed by atoms with van der Waals surface area (Å²) in [7, 11) is 0. The van der Waals surface area contributed by atoms with Crippen LogP contribution in [0.1, 0.15) is 18.4 Å². The van der Waals surface area contributed by atoms with Crippen LogP contribution in [-0.2, 0) is 0 Å². The third-order valence-electron chi connectivity index (χ3n) is 3.61. The monoisotopic (exact) mass is 173 g/mol. The smallest absolute Gasteiger partial charge is 0.0342 e. The predicted octanol–water partition coefficient (Wildman–Crippen LogP) is 2.82. The van der Waals surface area contributed by atoms with Crippen LogP contribution in [0, 0.1) is 18.8 Å². The SMILES string of the molecule is Cc1ccc(NC2C3CC2C3)cc1. The van der Waals surface area contributed by atoms with Gasteiger partial charge in [0.1, 0.15) is 0 Å². The van der Waals surface area contributed by atoms with Crippen molar-refractivity contribution >= 4 is 5.69 Å². The van der Waals surface area contributed by atoms with Gasteiger partial charge in [-0.25, -0.2) is 0 Å². The number of rotatable bonds is 2. The third kappa shape index (κ3) is 1.06. The second kappa shape index (κ2) is 2.50. The van der Waals surface area contributed by atoms with E-state index in [1.807, 2.05) is 0 Å². The van der Waals surface area contributed by atoms with E-state index in [0.717, 1.165) is 17.9 Å². The molecule has 3 saturated carbocycles. The van der Waals surface area contributed by atoms with Crippen molar-refractivity contribution in [2.75, 3.05) is 5.32 Å². The maximum atomic E-state index is 3.61. The molecule has 1 aromatic rings. The zero-order valence-corrected chi connectivity index (χ0v) is 7.96. The predicted molar refractivity (Wildman–Crippen MR) is 54.8 cm³/mol. The summed E-state index contributed by atoms with van der Waals surface area (Å²) in [5.41, 5.74) is 2.63. The van der Waals surface area contributed by atoms with Crippen LogP contribution in [0.2, 0.25) is 0 Å². The molecule has 0 unspecified atom stereocenters. The molecule has 2 bridgehead atoms. The number of hydrogen-bond donors (Lipinski definition) is 1. The number of benzene rings is 1. The second-order valence-corrected chi connectivity index (χ2v) is 4.53. The largest absolute Gasteiger partial charge is 0.382 e. The summed E-state index contributed by atoms with van der Waals surface area (Å²) < 4.78 is 0. The molecule has 3 aliphatic carbocycles. The summed E-state index contributed by atoms with van der Waals surface area (Å²) in [5.74, 6) is 1.98. The minimum absolute atomic E-state index is 0.808. The molecule has 4 rings (SSSR count). The van der Waals surface area contributed by atoms with Gasteiger partial charge < -0.3 is 5.32 Å². The highest BCUT2D eigenvalue weighted by atomic mass is 15.0. The van der Waals surface area contributed by atoms with Gasteiger partial charge in [-0.1, -0.05) is 17.7 Å². The van der Waals surface area contributed by atoms with E-state index in [2.05, 4.69) is 36.5 Å². The van der Waals surface area contributed by atoms with Gasteiger partial charge in [-0.15, -0.1) is 0 Å². The van der Waals surface area contributed by atoms with Crippen molar-refractivity contribution in [1.29, 1.82) is 0 Å². The maximum Gasteiger partial charge on any atom is 0.0342 e. The van der Waals surface area contributed by atoms with Crippen molar-refractivity contribution in [2.45, 2.75) is 25.8 Å². The lowest BCUT2D eigenvalue weighted by Gasteiger charge is -2.58. The van der Waals surface area contributed by atoms with Crippen molar-refractivity contribution in [2.24, 2.45) is 11.8 Å². The van der Waals surface area contributed by atoms with Gasteiger partial charge in [0.2, 0.25) is 0 Å². The normalized spacial score (nSPS) is 34.7. The maximum absolute atomic E-state index is 3.61. The average molecular weight is 173 g/mol. The Morgan fingerprint density at radius 2 is 1.69 bits per heavy atom. The Morgan fingerprint density at radius 1 is 1.08 bits per heavy atom. The van der Waals surface area contributed by atoms with E-state index in [9.17, 15) is 0 Å². The zero-order valence-electron chi connectivity index (χ0n) is 7.96. The highest BCUT2D eigenvalue weighted by Gasteiger charge is 2.52. The fraction of sp³-hybridized carbons (Fsp3) is 0.500. The molecule has 1 N–H and O–H groups in total. The number of aryl methyl sites for hydroxylation is 1. The Labute approximate surface area is 79.2 Å². The highest BCUT2D eigenvalue weighted by molar-refractivity contribution is 5.47. The first-order valence-electron chi connectivity index (χ1n) is 5.16. The Balaban J connectivity index is 1.69. The molecule has 0 heterocycles. The molecule has 3 fully saturated rings. The zero-order chi connectivity index (χ0) is 8.84. The summed E-state index contributed by atoms with van der Waals surface area (Å²) in [6.07, 6.45) is 2.95. The topological polar surface area (TPSA) is 12.0 Å². The molecular weight excluding hydrogens is 158 g/mol. The molecule has 1 nitrogen and oxygen atoms in total. The molecule has 0 saturated heterocycles. The Hall–Kier alpha value is -0.980. The number of nitrogens with one attached hydrogen (secondary N) is 1. The molecule has 13 heavy (non-hydrogen) atoms. The number of hydrogen-bond acceptors (Lipinski definition) is 1. The molecule has 0 aliphatic heterocycles. The van der Waals surface area contributed by atoms with Gasteiger partial charge >= 0.3 is 0 Å². The van der Waals surface area contributed by atoms with Gasteiger partial charge in [-0.3, -0.25) is 0 Å². The standard InChI is InChI=1S/C12H15N/c1-8-2-4-11(5-3-8)13-12-9-6-10(12)7-9/h2-5,9-10,12-13H,6-7H2,1H3. The first-order valence-corrected chi connectivity index (χ1v) is 5.16. The fourth-order valence-electron chi connectivity index (χ4n) is 2.37. The average Bonchev–Trinajstić information content (AvgIpc) is 1.99. The summed E-state index contributed by atoms with van der Waals surface area (Å²) in [5, 5.41) is 3.61. The molecule has 1 aromatic carbocycles. The van der Waals surface area contributed by atoms with Crippen molar-refractivity contribution < 1.29 is 0 Å². The van der Waals surface area contributed by atoms with E-state index in [4.69, 9.17) is 0 Å². The van der Waals surface area contributed by atoms with E-state index < -0.39 is 0 Å². The van der Waals surface area contributed by atoms with Crippen LogP contribution in [0.5, 0.6) is 0 Å². The minimum Gasteiger partial charge on any atom is -0.382 e. The molecule has 68 valence electrons. The van der Waals surface area contributed by atoms with Gasteiger partial charge in [0.25, 0.3) is 0 Å². The summed E-state index contributed by atoms with van der Waals surface area (Å²) in [4.78, 5) is 0. The molecule has 0 amide bonds.